The maximum Gasteiger partial charge on any atom is 0.358 e. The van der Waals surface area contributed by atoms with Crippen molar-refractivity contribution in [1.29, 1.82) is 0 Å². The quantitative estimate of drug-likeness (QED) is 0.681. The van der Waals surface area contributed by atoms with E-state index >= 15 is 0 Å². The van der Waals surface area contributed by atoms with Gasteiger partial charge in [-0.15, -0.1) is 0 Å². The van der Waals surface area contributed by atoms with Crippen molar-refractivity contribution < 1.29 is 12.8 Å². The Morgan fingerprint density at radius 2 is 1.81 bits per heavy atom. The second-order valence-corrected chi connectivity index (χ2v) is 4.67. The molecule has 0 spiro atoms. The van der Waals surface area contributed by atoms with E-state index in [9.17, 15) is 13.2 Å². The van der Waals surface area contributed by atoms with Crippen molar-refractivity contribution in [3.8, 4) is 0 Å². The lowest BCUT2D eigenvalue weighted by molar-refractivity contribution is 0.534. The highest BCUT2D eigenvalue weighted by atomic mass is 32.2. The maximum atomic E-state index is 11.4. The van der Waals surface area contributed by atoms with Gasteiger partial charge >= 0.3 is 5.63 Å². The Morgan fingerprint density at radius 3 is 2.44 bits per heavy atom. The van der Waals surface area contributed by atoms with Crippen molar-refractivity contribution in [2.75, 3.05) is 5.73 Å². The molecule has 0 amide bonds. The molecule has 0 aliphatic carbocycles. The minimum Gasteiger partial charge on any atom is -0.422 e. The smallest absolute Gasteiger partial charge is 0.358 e. The highest BCUT2D eigenvalue weighted by molar-refractivity contribution is 7.89. The van der Waals surface area contributed by atoms with Crippen molar-refractivity contribution >= 4 is 26.7 Å². The Morgan fingerprint density at radius 1 is 1.19 bits per heavy atom. The van der Waals surface area contributed by atoms with E-state index < -0.39 is 20.5 Å². The van der Waals surface area contributed by atoms with Crippen LogP contribution < -0.4 is 16.5 Å². The summed E-state index contributed by atoms with van der Waals surface area (Å²) in [6, 6.07) is 6.34. The number of benzene rings is 1. The fourth-order valence-corrected chi connectivity index (χ4v) is 2.12. The van der Waals surface area contributed by atoms with Gasteiger partial charge in [0, 0.05) is 5.39 Å². The van der Waals surface area contributed by atoms with E-state index in [0.717, 1.165) is 0 Å². The summed E-state index contributed by atoms with van der Waals surface area (Å²) in [5, 5.41) is 5.22. The molecule has 1 aromatic carbocycles. The molecule has 7 heteroatoms. The Labute approximate surface area is 90.5 Å². The Kier molecular flexibility index (Phi) is 2.21. The molecule has 6 nitrogen and oxygen atoms in total. The number of nitrogens with two attached hydrogens (primary N) is 2. The number of hydrogen-bond acceptors (Lipinski definition) is 5. The fourth-order valence-electron chi connectivity index (χ4n) is 1.43. The van der Waals surface area contributed by atoms with Crippen molar-refractivity contribution in [1.82, 2.24) is 0 Å². The third-order valence-electron chi connectivity index (χ3n) is 2.09. The van der Waals surface area contributed by atoms with Crippen molar-refractivity contribution in [3.63, 3.8) is 0 Å². The average Bonchev–Trinajstić information content (AvgIpc) is 2.15. The zero-order valence-electron chi connectivity index (χ0n) is 8.01. The van der Waals surface area contributed by atoms with Gasteiger partial charge in [-0.1, -0.05) is 12.1 Å². The molecule has 4 N–H and O–H groups in total. The molecule has 0 unspecified atom stereocenters. The molecule has 0 aliphatic heterocycles. The molecule has 2 aromatic rings. The van der Waals surface area contributed by atoms with Crippen LogP contribution in [0.25, 0.3) is 11.0 Å². The van der Waals surface area contributed by atoms with Crippen LogP contribution in [-0.4, -0.2) is 8.42 Å². The lowest BCUT2D eigenvalue weighted by Gasteiger charge is -2.04. The maximum absolute atomic E-state index is 11.4. The van der Waals surface area contributed by atoms with Gasteiger partial charge in [-0.2, -0.15) is 0 Å². The third-order valence-corrected chi connectivity index (χ3v) is 3.05. The monoisotopic (exact) mass is 240 g/mol. The standard InChI is InChI=1S/C9H8N2O4S/c10-7-5-3-1-2-4-6(5)15-9(12)8(7)16(11,13)14/h1-4H,10H2,(H2,11,13,14). The van der Waals surface area contributed by atoms with Crippen molar-refractivity contribution in [3.05, 3.63) is 34.7 Å². The normalized spacial score (nSPS) is 11.8. The number of anilines is 1. The highest BCUT2D eigenvalue weighted by Crippen LogP contribution is 2.23. The predicted octanol–water partition coefficient (Wildman–Crippen LogP) is 0.0226. The van der Waals surface area contributed by atoms with Crippen LogP contribution in [0.15, 0.2) is 38.4 Å². The average molecular weight is 240 g/mol. The summed E-state index contributed by atoms with van der Waals surface area (Å²) in [5.41, 5.74) is 4.56. The summed E-state index contributed by atoms with van der Waals surface area (Å²) in [6.07, 6.45) is 0. The summed E-state index contributed by atoms with van der Waals surface area (Å²) in [6.45, 7) is 0. The minimum absolute atomic E-state index is 0.186. The second-order valence-electron chi connectivity index (χ2n) is 3.17. The number of nitrogen functional groups attached to an aromatic ring is 1. The summed E-state index contributed by atoms with van der Waals surface area (Å²) < 4.78 is 27.1. The molecule has 0 bridgehead atoms. The fraction of sp³-hybridized carbons (Fsp3) is 0. The van der Waals surface area contributed by atoms with Gasteiger partial charge in [0.05, 0.1) is 5.69 Å². The number of hydrogen-bond donors (Lipinski definition) is 2. The number of primary sulfonamides is 1. The van der Waals surface area contributed by atoms with Crippen LogP contribution in [0.5, 0.6) is 0 Å². The minimum atomic E-state index is -4.19. The lowest BCUT2D eigenvalue weighted by Crippen LogP contribution is -2.23. The molecule has 0 saturated heterocycles. The van der Waals surface area contributed by atoms with E-state index in [4.69, 9.17) is 15.3 Å². The molecule has 0 fully saturated rings. The van der Waals surface area contributed by atoms with Gasteiger partial charge < -0.3 is 10.2 Å². The van der Waals surface area contributed by atoms with Crippen LogP contribution in [0.2, 0.25) is 0 Å². The highest BCUT2D eigenvalue weighted by Gasteiger charge is 2.21. The largest absolute Gasteiger partial charge is 0.422 e. The van der Waals surface area contributed by atoms with Gasteiger partial charge in [-0.05, 0) is 12.1 Å². The first-order chi connectivity index (χ1) is 7.41. The van der Waals surface area contributed by atoms with E-state index in [-0.39, 0.29) is 11.3 Å². The topological polar surface area (TPSA) is 116 Å². The zero-order valence-corrected chi connectivity index (χ0v) is 8.82. The van der Waals surface area contributed by atoms with E-state index in [1.165, 1.54) is 6.07 Å². The first-order valence-electron chi connectivity index (χ1n) is 4.25. The lowest BCUT2D eigenvalue weighted by atomic mass is 10.2. The van der Waals surface area contributed by atoms with Crippen LogP contribution in [0.1, 0.15) is 0 Å². The molecular weight excluding hydrogens is 232 g/mol. The SMILES string of the molecule is Nc1c(S(N)(=O)=O)c(=O)oc2ccccc12. The van der Waals surface area contributed by atoms with E-state index in [1.807, 2.05) is 0 Å². The molecular formula is C9H8N2O4S. The number of sulfonamides is 1. The van der Waals surface area contributed by atoms with E-state index in [2.05, 4.69) is 0 Å². The molecule has 1 aromatic heterocycles. The predicted molar refractivity (Wildman–Crippen MR) is 58.3 cm³/mol. The zero-order chi connectivity index (χ0) is 11.9. The Balaban J connectivity index is 3.04. The first-order valence-corrected chi connectivity index (χ1v) is 5.80. The molecule has 0 aliphatic rings. The number of fused-ring (bicyclic) bond motifs is 1. The van der Waals surface area contributed by atoms with Crippen LogP contribution in [0, 0.1) is 0 Å². The third kappa shape index (κ3) is 1.55. The first kappa shape index (κ1) is 10.7. The van der Waals surface area contributed by atoms with E-state index in [0.29, 0.717) is 5.39 Å². The second kappa shape index (κ2) is 3.32. The molecule has 0 saturated carbocycles. The van der Waals surface area contributed by atoms with Crippen LogP contribution >= 0.6 is 0 Å². The van der Waals surface area contributed by atoms with Gasteiger partial charge in [0.15, 0.2) is 4.90 Å². The summed E-state index contributed by atoms with van der Waals surface area (Å²) >= 11 is 0. The van der Waals surface area contributed by atoms with Crippen LogP contribution in [0.3, 0.4) is 0 Å². The van der Waals surface area contributed by atoms with Crippen molar-refractivity contribution in [2.24, 2.45) is 5.14 Å². The number of para-hydroxylation sites is 1. The van der Waals surface area contributed by atoms with Gasteiger partial charge in [0.1, 0.15) is 5.58 Å². The van der Waals surface area contributed by atoms with Crippen LogP contribution in [-0.2, 0) is 10.0 Å². The molecule has 0 atom stereocenters. The van der Waals surface area contributed by atoms with Crippen LogP contribution in [0.4, 0.5) is 5.69 Å². The number of rotatable bonds is 1. The Hall–Kier alpha value is -1.86. The van der Waals surface area contributed by atoms with Gasteiger partial charge in [0.2, 0.25) is 10.0 Å². The van der Waals surface area contributed by atoms with Gasteiger partial charge in [0.25, 0.3) is 0 Å². The summed E-state index contributed by atoms with van der Waals surface area (Å²) in [5.74, 6) is 0. The molecule has 16 heavy (non-hydrogen) atoms. The van der Waals surface area contributed by atoms with Crippen molar-refractivity contribution in [2.45, 2.75) is 4.90 Å². The van der Waals surface area contributed by atoms with E-state index in [1.54, 1.807) is 18.2 Å². The summed E-state index contributed by atoms with van der Waals surface area (Å²) in [7, 11) is -4.19. The van der Waals surface area contributed by atoms with Gasteiger partial charge in [-0.3, -0.25) is 0 Å². The Bertz CT molecular complexity index is 718. The molecule has 2 rings (SSSR count). The molecule has 84 valence electrons. The molecule has 1 heterocycles. The molecule has 0 radical (unpaired) electrons. The summed E-state index contributed by atoms with van der Waals surface area (Å²) in [4.78, 5) is 10.7. The van der Waals surface area contributed by atoms with Gasteiger partial charge in [-0.25, -0.2) is 18.4 Å².